The third kappa shape index (κ3) is 4.87. The van der Waals surface area contributed by atoms with Crippen LogP contribution in [0.25, 0.3) is 0 Å². The lowest BCUT2D eigenvalue weighted by Crippen LogP contribution is -2.44. The average molecular weight is 252 g/mol. The Morgan fingerprint density at radius 1 is 1.50 bits per heavy atom. The van der Waals surface area contributed by atoms with Crippen molar-refractivity contribution in [3.63, 3.8) is 0 Å². The van der Waals surface area contributed by atoms with Gasteiger partial charge in [-0.1, -0.05) is 20.3 Å². The highest BCUT2D eigenvalue weighted by Crippen LogP contribution is 2.05. The van der Waals surface area contributed by atoms with Crippen LogP contribution in [-0.4, -0.2) is 28.0 Å². The number of nitrogens with zero attached hydrogens (tertiary/aromatic N) is 2. The van der Waals surface area contributed by atoms with Crippen molar-refractivity contribution >= 4 is 5.91 Å². The molecule has 3 N–H and O–H groups in total. The minimum atomic E-state index is -0.386. The van der Waals surface area contributed by atoms with Crippen molar-refractivity contribution < 1.29 is 4.79 Å². The number of nitrogens with one attached hydrogen (secondary N) is 1. The summed E-state index contributed by atoms with van der Waals surface area (Å²) in [5.41, 5.74) is 5.84. The number of imidazole rings is 1. The van der Waals surface area contributed by atoms with Crippen molar-refractivity contribution in [3.05, 3.63) is 18.7 Å². The standard InChI is InChI=1S/C13H24N4O/c1-3-11(2)12(14)13(18)16-6-4-5-8-17-9-7-15-10-17/h7,9-12H,3-6,8,14H2,1-2H3,(H,16,18)/t11?,12-/m1/s1. The molecule has 18 heavy (non-hydrogen) atoms. The van der Waals surface area contributed by atoms with E-state index in [0.717, 1.165) is 25.8 Å². The lowest BCUT2D eigenvalue weighted by Gasteiger charge is -2.17. The van der Waals surface area contributed by atoms with Crippen LogP contribution in [0.3, 0.4) is 0 Å². The van der Waals surface area contributed by atoms with Gasteiger partial charge in [-0.3, -0.25) is 4.79 Å². The van der Waals surface area contributed by atoms with Gasteiger partial charge in [0, 0.05) is 25.5 Å². The molecule has 1 heterocycles. The number of carbonyl (C=O) groups excluding carboxylic acids is 1. The summed E-state index contributed by atoms with van der Waals surface area (Å²) in [6, 6.07) is -0.386. The summed E-state index contributed by atoms with van der Waals surface area (Å²) in [4.78, 5) is 15.7. The lowest BCUT2D eigenvalue weighted by atomic mass is 9.99. The zero-order valence-electron chi connectivity index (χ0n) is 11.3. The summed E-state index contributed by atoms with van der Waals surface area (Å²) in [5, 5.41) is 2.89. The number of nitrogens with two attached hydrogens (primary N) is 1. The molecule has 0 saturated heterocycles. The van der Waals surface area contributed by atoms with Gasteiger partial charge in [0.2, 0.25) is 5.91 Å². The number of aryl methyl sites for hydroxylation is 1. The second-order valence-electron chi connectivity index (χ2n) is 4.71. The highest BCUT2D eigenvalue weighted by molar-refractivity contribution is 5.81. The van der Waals surface area contributed by atoms with Gasteiger partial charge >= 0.3 is 0 Å². The average Bonchev–Trinajstić information content (AvgIpc) is 2.89. The number of carbonyl (C=O) groups is 1. The fourth-order valence-electron chi connectivity index (χ4n) is 1.68. The molecular weight excluding hydrogens is 228 g/mol. The van der Waals surface area contributed by atoms with E-state index in [9.17, 15) is 4.79 Å². The molecule has 1 amide bonds. The molecule has 0 spiro atoms. The van der Waals surface area contributed by atoms with Gasteiger partial charge in [-0.25, -0.2) is 4.98 Å². The van der Waals surface area contributed by atoms with Crippen LogP contribution in [0.2, 0.25) is 0 Å². The molecule has 0 aliphatic rings. The fraction of sp³-hybridized carbons (Fsp3) is 0.692. The summed E-state index contributed by atoms with van der Waals surface area (Å²) < 4.78 is 2.03. The molecule has 5 heteroatoms. The third-order valence-corrected chi connectivity index (χ3v) is 3.26. The van der Waals surface area contributed by atoms with E-state index < -0.39 is 0 Å². The molecule has 2 atom stereocenters. The molecule has 0 aromatic carbocycles. The van der Waals surface area contributed by atoms with Crippen molar-refractivity contribution in [1.82, 2.24) is 14.9 Å². The van der Waals surface area contributed by atoms with Crippen LogP contribution in [0.4, 0.5) is 0 Å². The predicted octanol–water partition coefficient (Wildman–Crippen LogP) is 1.15. The molecule has 0 aliphatic carbocycles. The summed E-state index contributed by atoms with van der Waals surface area (Å²) in [7, 11) is 0. The minimum absolute atomic E-state index is 0.0352. The largest absolute Gasteiger partial charge is 0.355 e. The van der Waals surface area contributed by atoms with Crippen molar-refractivity contribution in [2.24, 2.45) is 11.7 Å². The number of hydrogen-bond donors (Lipinski definition) is 2. The Hall–Kier alpha value is -1.36. The third-order valence-electron chi connectivity index (χ3n) is 3.26. The molecule has 102 valence electrons. The van der Waals surface area contributed by atoms with Gasteiger partial charge < -0.3 is 15.6 Å². The van der Waals surface area contributed by atoms with E-state index in [1.54, 1.807) is 12.5 Å². The molecule has 5 nitrogen and oxygen atoms in total. The van der Waals surface area contributed by atoms with Crippen molar-refractivity contribution in [2.75, 3.05) is 6.54 Å². The first-order valence-electron chi connectivity index (χ1n) is 6.64. The minimum Gasteiger partial charge on any atom is -0.355 e. The molecule has 1 aromatic heterocycles. The number of unbranched alkanes of at least 4 members (excludes halogenated alkanes) is 1. The molecule has 0 saturated carbocycles. The van der Waals surface area contributed by atoms with Crippen LogP contribution >= 0.6 is 0 Å². The highest BCUT2D eigenvalue weighted by Gasteiger charge is 2.18. The molecule has 0 radical (unpaired) electrons. The predicted molar refractivity (Wildman–Crippen MR) is 71.9 cm³/mol. The number of hydrogen-bond acceptors (Lipinski definition) is 3. The Kier molecular flexibility index (Phi) is 6.43. The van der Waals surface area contributed by atoms with E-state index in [-0.39, 0.29) is 17.9 Å². The maximum absolute atomic E-state index is 11.7. The van der Waals surface area contributed by atoms with Gasteiger partial charge in [-0.05, 0) is 18.8 Å². The van der Waals surface area contributed by atoms with E-state index >= 15 is 0 Å². The normalized spacial score (nSPS) is 14.2. The van der Waals surface area contributed by atoms with E-state index in [1.807, 2.05) is 24.6 Å². The Balaban J connectivity index is 2.08. The number of rotatable bonds is 8. The molecule has 0 bridgehead atoms. The zero-order chi connectivity index (χ0) is 13.4. The maximum atomic E-state index is 11.7. The number of amides is 1. The summed E-state index contributed by atoms with van der Waals surface area (Å²) in [6.07, 6.45) is 8.42. The van der Waals surface area contributed by atoms with Gasteiger partial charge in [-0.2, -0.15) is 0 Å². The SMILES string of the molecule is CCC(C)[C@@H](N)C(=O)NCCCCn1ccnc1. The molecule has 1 aromatic rings. The summed E-state index contributed by atoms with van der Waals surface area (Å²) in [6.45, 7) is 5.68. The molecule has 1 rings (SSSR count). The first kappa shape index (κ1) is 14.7. The first-order chi connectivity index (χ1) is 8.65. The Bertz CT molecular complexity index is 337. The van der Waals surface area contributed by atoms with Crippen LogP contribution in [0.1, 0.15) is 33.1 Å². The van der Waals surface area contributed by atoms with Gasteiger partial charge in [0.1, 0.15) is 0 Å². The van der Waals surface area contributed by atoms with Gasteiger partial charge in [0.05, 0.1) is 12.4 Å². The van der Waals surface area contributed by atoms with E-state index in [4.69, 9.17) is 5.73 Å². The van der Waals surface area contributed by atoms with Crippen molar-refractivity contribution in [2.45, 2.75) is 45.7 Å². The quantitative estimate of drug-likeness (QED) is 0.682. The smallest absolute Gasteiger partial charge is 0.237 e. The van der Waals surface area contributed by atoms with Gasteiger partial charge in [0.15, 0.2) is 0 Å². The summed E-state index contributed by atoms with van der Waals surface area (Å²) in [5.74, 6) is 0.197. The highest BCUT2D eigenvalue weighted by atomic mass is 16.2. The van der Waals surface area contributed by atoms with Gasteiger partial charge in [0.25, 0.3) is 0 Å². The number of aromatic nitrogens is 2. The van der Waals surface area contributed by atoms with Crippen LogP contribution in [0, 0.1) is 5.92 Å². The zero-order valence-corrected chi connectivity index (χ0v) is 11.3. The second kappa shape index (κ2) is 7.87. The Morgan fingerprint density at radius 3 is 2.89 bits per heavy atom. The maximum Gasteiger partial charge on any atom is 0.237 e. The van der Waals surface area contributed by atoms with E-state index in [2.05, 4.69) is 10.3 Å². The van der Waals surface area contributed by atoms with Crippen molar-refractivity contribution in [3.8, 4) is 0 Å². The van der Waals surface area contributed by atoms with E-state index in [0.29, 0.717) is 6.54 Å². The van der Waals surface area contributed by atoms with E-state index in [1.165, 1.54) is 0 Å². The fourth-order valence-corrected chi connectivity index (χ4v) is 1.68. The molecule has 0 aliphatic heterocycles. The van der Waals surface area contributed by atoms with Crippen molar-refractivity contribution in [1.29, 1.82) is 0 Å². The van der Waals surface area contributed by atoms with Gasteiger partial charge in [-0.15, -0.1) is 0 Å². The van der Waals surface area contributed by atoms with Crippen LogP contribution in [-0.2, 0) is 11.3 Å². The second-order valence-corrected chi connectivity index (χ2v) is 4.71. The van der Waals surface area contributed by atoms with Crippen LogP contribution in [0.15, 0.2) is 18.7 Å². The Morgan fingerprint density at radius 2 is 2.28 bits per heavy atom. The molecular formula is C13H24N4O. The first-order valence-corrected chi connectivity index (χ1v) is 6.64. The van der Waals surface area contributed by atoms with Crippen LogP contribution in [0.5, 0.6) is 0 Å². The molecule has 1 unspecified atom stereocenters. The van der Waals surface area contributed by atoms with Crippen LogP contribution < -0.4 is 11.1 Å². The monoisotopic (exact) mass is 252 g/mol. The molecule has 0 fully saturated rings. The Labute approximate surface area is 109 Å². The topological polar surface area (TPSA) is 72.9 Å². The lowest BCUT2D eigenvalue weighted by molar-refractivity contribution is -0.123. The summed E-state index contributed by atoms with van der Waals surface area (Å²) >= 11 is 0.